The van der Waals surface area contributed by atoms with Crippen LogP contribution in [-0.4, -0.2) is 92.1 Å². The highest BCUT2D eigenvalue weighted by Gasteiger charge is 2.40. The number of carbonyl (C=O) groups excluding carboxylic acids is 4. The van der Waals surface area contributed by atoms with Gasteiger partial charge in [-0.25, -0.2) is 9.59 Å². The molecule has 2 heterocycles. The zero-order valence-electron chi connectivity index (χ0n) is 20.7. The Morgan fingerprint density at radius 1 is 0.632 bits per heavy atom. The van der Waals surface area contributed by atoms with Gasteiger partial charge in [0.1, 0.15) is 25.4 Å². The van der Waals surface area contributed by atoms with Crippen molar-refractivity contribution in [3.63, 3.8) is 0 Å². The van der Waals surface area contributed by atoms with Gasteiger partial charge in [0.2, 0.25) is 11.5 Å². The molecule has 4 atom stereocenters. The average Bonchev–Trinajstić information content (AvgIpc) is 3.30. The normalized spacial score (nSPS) is 20.8. The Kier molecular flexibility index (Phi) is 12.1. The van der Waals surface area contributed by atoms with Crippen LogP contribution in [0.25, 0.3) is 0 Å². The number of rotatable bonds is 17. The minimum Gasteiger partial charge on any atom is -0.505 e. The summed E-state index contributed by atoms with van der Waals surface area (Å²) in [5.41, 5.74) is 0. The lowest BCUT2D eigenvalue weighted by Crippen LogP contribution is -2.33. The van der Waals surface area contributed by atoms with Gasteiger partial charge in [0.15, 0.2) is 23.7 Å². The second kappa shape index (κ2) is 15.0. The van der Waals surface area contributed by atoms with Gasteiger partial charge in [-0.05, 0) is 12.8 Å². The number of hydrogen-bond acceptors (Lipinski definition) is 14. The van der Waals surface area contributed by atoms with Gasteiger partial charge in [0, 0.05) is 12.8 Å². The Morgan fingerprint density at radius 2 is 0.947 bits per heavy atom. The molecule has 0 fully saturated rings. The van der Waals surface area contributed by atoms with Crippen molar-refractivity contribution in [1.82, 2.24) is 0 Å². The number of unbranched alkanes of at least 4 members (excludes halogenated alkanes) is 7. The lowest BCUT2D eigenvalue weighted by Gasteiger charge is -2.17. The van der Waals surface area contributed by atoms with Crippen LogP contribution in [0, 0.1) is 0 Å². The van der Waals surface area contributed by atoms with Crippen molar-refractivity contribution in [3.8, 4) is 0 Å². The molecule has 2 rings (SSSR count). The predicted octanol–water partition coefficient (Wildman–Crippen LogP) is 1.20. The summed E-state index contributed by atoms with van der Waals surface area (Å²) in [6, 6.07) is 0. The van der Waals surface area contributed by atoms with Gasteiger partial charge < -0.3 is 49.6 Å². The molecule has 2 aliphatic rings. The standard InChI is InChI=1S/C24H34O14/c25-13(21-17(29)19(31)23(33)37-21)11-35-15(27)9-7-5-3-1-2-4-6-8-10-16(28)36-12-14(26)22-18(30)20(32)24(34)38-22/h13-14,21-22,25-26,29-32H,1-12H2/t13-,14+,21-,22-/m1/s1. The molecule has 38 heavy (non-hydrogen) atoms. The van der Waals surface area contributed by atoms with Crippen LogP contribution in [0.3, 0.4) is 0 Å². The van der Waals surface area contributed by atoms with Crippen molar-refractivity contribution in [1.29, 1.82) is 0 Å². The molecule has 0 aromatic heterocycles. The molecule has 0 radical (unpaired) electrons. The maximum Gasteiger partial charge on any atom is 0.377 e. The van der Waals surface area contributed by atoms with E-state index in [0.29, 0.717) is 12.8 Å². The monoisotopic (exact) mass is 546 g/mol. The molecule has 14 nitrogen and oxygen atoms in total. The average molecular weight is 547 g/mol. The van der Waals surface area contributed by atoms with E-state index in [1.54, 1.807) is 0 Å². The number of carbonyl (C=O) groups is 4. The van der Waals surface area contributed by atoms with E-state index >= 15 is 0 Å². The Bertz CT molecular complexity index is 849. The van der Waals surface area contributed by atoms with Crippen molar-refractivity contribution < 1.29 is 68.8 Å². The Hall–Kier alpha value is -3.52. The molecule has 0 unspecified atom stereocenters. The summed E-state index contributed by atoms with van der Waals surface area (Å²) < 4.78 is 19.0. The quantitative estimate of drug-likeness (QED) is 0.0856. The summed E-state index contributed by atoms with van der Waals surface area (Å²) in [7, 11) is 0. The molecule has 2 aliphatic heterocycles. The SMILES string of the molecule is O=C(CCCCCCCCCCC(=O)OC[C@H](O)[C@H]1OC(=O)C(O)=C1O)OC[C@@H](O)[C@H]1OC(=O)C(O)=C1O. The Labute approximate surface area is 218 Å². The second-order valence-electron chi connectivity index (χ2n) is 8.95. The van der Waals surface area contributed by atoms with Crippen molar-refractivity contribution >= 4 is 23.9 Å². The summed E-state index contributed by atoms with van der Waals surface area (Å²) in [5, 5.41) is 57.1. The fourth-order valence-electron chi connectivity index (χ4n) is 3.73. The first-order valence-electron chi connectivity index (χ1n) is 12.4. The van der Waals surface area contributed by atoms with Crippen molar-refractivity contribution in [2.24, 2.45) is 0 Å². The minimum atomic E-state index is -1.50. The molecule has 214 valence electrons. The maximum absolute atomic E-state index is 11.8. The van der Waals surface area contributed by atoms with E-state index in [1.807, 2.05) is 0 Å². The van der Waals surface area contributed by atoms with Gasteiger partial charge in [-0.2, -0.15) is 0 Å². The van der Waals surface area contributed by atoms with Crippen molar-refractivity contribution in [2.75, 3.05) is 13.2 Å². The van der Waals surface area contributed by atoms with Gasteiger partial charge in [-0.3, -0.25) is 9.59 Å². The fourth-order valence-corrected chi connectivity index (χ4v) is 3.73. The fraction of sp³-hybridized carbons (Fsp3) is 0.667. The summed E-state index contributed by atoms with van der Waals surface area (Å²) in [6.45, 7) is -0.993. The Morgan fingerprint density at radius 3 is 1.24 bits per heavy atom. The van der Waals surface area contributed by atoms with Gasteiger partial charge >= 0.3 is 23.9 Å². The first kappa shape index (κ1) is 30.7. The summed E-state index contributed by atoms with van der Waals surface area (Å²) >= 11 is 0. The van der Waals surface area contributed by atoms with Gasteiger partial charge in [-0.1, -0.05) is 38.5 Å². The summed E-state index contributed by atoms with van der Waals surface area (Å²) in [5.74, 6) is -6.97. The summed E-state index contributed by atoms with van der Waals surface area (Å²) in [6.07, 6.45) is 0.785. The molecule has 0 aromatic carbocycles. The lowest BCUT2D eigenvalue weighted by molar-refractivity contribution is -0.156. The third-order valence-corrected chi connectivity index (χ3v) is 5.92. The van der Waals surface area contributed by atoms with E-state index in [0.717, 1.165) is 38.5 Å². The van der Waals surface area contributed by atoms with Crippen LogP contribution in [0.2, 0.25) is 0 Å². The highest BCUT2D eigenvalue weighted by atomic mass is 16.6. The van der Waals surface area contributed by atoms with E-state index in [4.69, 9.17) is 9.47 Å². The molecule has 6 N–H and O–H groups in total. The number of ether oxygens (including phenoxy) is 4. The lowest BCUT2D eigenvalue weighted by atomic mass is 10.1. The van der Waals surface area contributed by atoms with Crippen molar-refractivity contribution in [2.45, 2.75) is 88.6 Å². The zero-order chi connectivity index (χ0) is 28.2. The smallest absolute Gasteiger partial charge is 0.377 e. The third-order valence-electron chi connectivity index (χ3n) is 5.92. The van der Waals surface area contributed by atoms with Gasteiger partial charge in [0.25, 0.3) is 0 Å². The first-order chi connectivity index (χ1) is 18.0. The second-order valence-corrected chi connectivity index (χ2v) is 8.95. The highest BCUT2D eigenvalue weighted by molar-refractivity contribution is 5.89. The van der Waals surface area contributed by atoms with Crippen LogP contribution in [0.1, 0.15) is 64.2 Å². The molecule has 0 saturated heterocycles. The van der Waals surface area contributed by atoms with Gasteiger partial charge in [0.05, 0.1) is 0 Å². The molecule has 0 amide bonds. The molecule has 0 spiro atoms. The van der Waals surface area contributed by atoms with E-state index in [1.165, 1.54) is 0 Å². The van der Waals surface area contributed by atoms with Crippen LogP contribution in [-0.2, 0) is 38.1 Å². The molecule has 0 bridgehead atoms. The number of cyclic esters (lactones) is 2. The minimum absolute atomic E-state index is 0.140. The van der Waals surface area contributed by atoms with Crippen LogP contribution in [0.4, 0.5) is 0 Å². The van der Waals surface area contributed by atoms with E-state index < -0.39 is 84.5 Å². The Balaban J connectivity index is 1.41. The topological polar surface area (TPSA) is 227 Å². The molecular formula is C24H34O14. The van der Waals surface area contributed by atoms with Crippen LogP contribution < -0.4 is 0 Å². The summed E-state index contributed by atoms with van der Waals surface area (Å²) in [4.78, 5) is 45.8. The van der Waals surface area contributed by atoms with E-state index in [2.05, 4.69) is 9.47 Å². The van der Waals surface area contributed by atoms with Crippen LogP contribution in [0.5, 0.6) is 0 Å². The highest BCUT2D eigenvalue weighted by Crippen LogP contribution is 2.23. The molecule has 14 heteroatoms. The molecule has 0 saturated carbocycles. The molecule has 0 aliphatic carbocycles. The number of aliphatic hydroxyl groups is 6. The molecule has 0 aromatic rings. The molecular weight excluding hydrogens is 512 g/mol. The maximum atomic E-state index is 11.8. The largest absolute Gasteiger partial charge is 0.505 e. The van der Waals surface area contributed by atoms with Gasteiger partial charge in [-0.15, -0.1) is 0 Å². The zero-order valence-corrected chi connectivity index (χ0v) is 20.7. The van der Waals surface area contributed by atoms with Crippen LogP contribution >= 0.6 is 0 Å². The van der Waals surface area contributed by atoms with E-state index in [9.17, 15) is 49.8 Å². The number of hydrogen-bond donors (Lipinski definition) is 6. The number of aliphatic hydroxyl groups excluding tert-OH is 6. The van der Waals surface area contributed by atoms with E-state index in [-0.39, 0.29) is 12.8 Å². The first-order valence-corrected chi connectivity index (χ1v) is 12.4. The van der Waals surface area contributed by atoms with Crippen molar-refractivity contribution in [3.05, 3.63) is 23.0 Å². The van der Waals surface area contributed by atoms with Crippen LogP contribution in [0.15, 0.2) is 23.0 Å². The predicted molar refractivity (Wildman–Crippen MR) is 124 cm³/mol. The number of esters is 4. The third kappa shape index (κ3) is 9.10.